The summed E-state index contributed by atoms with van der Waals surface area (Å²) >= 11 is 0. The van der Waals surface area contributed by atoms with E-state index in [1.807, 2.05) is 19.9 Å². The van der Waals surface area contributed by atoms with Gasteiger partial charge >= 0.3 is 0 Å². The monoisotopic (exact) mass is 192 g/mol. The molecule has 4 heteroatoms. The summed E-state index contributed by atoms with van der Waals surface area (Å²) < 4.78 is 5.42. The van der Waals surface area contributed by atoms with E-state index in [9.17, 15) is 4.79 Å². The van der Waals surface area contributed by atoms with Crippen LogP contribution in [0.3, 0.4) is 0 Å². The van der Waals surface area contributed by atoms with Crippen molar-refractivity contribution in [3.05, 3.63) is 17.8 Å². The second-order valence-corrected chi connectivity index (χ2v) is 3.57. The summed E-state index contributed by atoms with van der Waals surface area (Å²) in [5.74, 6) is 0.596. The molecule has 0 unspecified atom stereocenters. The number of carbonyl (C=O) groups is 1. The predicted molar refractivity (Wildman–Crippen MR) is 52.3 cm³/mol. The van der Waals surface area contributed by atoms with Crippen molar-refractivity contribution in [2.24, 2.45) is 0 Å². The SMILES string of the molecule is CC(C)Oc1cc2c(cn1)NC(=O)C2. The van der Waals surface area contributed by atoms with Crippen LogP contribution in [0.1, 0.15) is 19.4 Å². The largest absolute Gasteiger partial charge is 0.475 e. The fourth-order valence-corrected chi connectivity index (χ4v) is 1.41. The molecule has 4 nitrogen and oxygen atoms in total. The average molecular weight is 192 g/mol. The lowest BCUT2D eigenvalue weighted by Crippen LogP contribution is -2.06. The number of nitrogens with one attached hydrogen (secondary N) is 1. The van der Waals surface area contributed by atoms with E-state index < -0.39 is 0 Å². The minimum atomic E-state index is 0.0171. The highest BCUT2D eigenvalue weighted by Gasteiger charge is 2.18. The first-order valence-corrected chi connectivity index (χ1v) is 4.60. The molecule has 1 aliphatic heterocycles. The number of ether oxygens (including phenoxy) is 1. The van der Waals surface area contributed by atoms with Crippen molar-refractivity contribution in [2.45, 2.75) is 26.4 Å². The minimum absolute atomic E-state index is 0.0171. The van der Waals surface area contributed by atoms with Crippen LogP contribution in [-0.2, 0) is 11.2 Å². The van der Waals surface area contributed by atoms with Gasteiger partial charge in [0.25, 0.3) is 0 Å². The van der Waals surface area contributed by atoms with Crippen LogP contribution in [0.4, 0.5) is 5.69 Å². The van der Waals surface area contributed by atoms with Gasteiger partial charge in [0, 0.05) is 6.07 Å². The summed E-state index contributed by atoms with van der Waals surface area (Å²) in [7, 11) is 0. The smallest absolute Gasteiger partial charge is 0.228 e. The van der Waals surface area contributed by atoms with Crippen molar-refractivity contribution < 1.29 is 9.53 Å². The molecule has 2 rings (SSSR count). The normalized spacial score (nSPS) is 14.1. The molecule has 1 amide bonds. The summed E-state index contributed by atoms with van der Waals surface area (Å²) in [4.78, 5) is 15.1. The number of carbonyl (C=O) groups excluding carboxylic acids is 1. The number of anilines is 1. The maximum Gasteiger partial charge on any atom is 0.228 e. The van der Waals surface area contributed by atoms with Gasteiger partial charge in [0.2, 0.25) is 11.8 Å². The molecule has 0 bridgehead atoms. The summed E-state index contributed by atoms with van der Waals surface area (Å²) in [6, 6.07) is 1.81. The van der Waals surface area contributed by atoms with Gasteiger partial charge in [-0.3, -0.25) is 4.79 Å². The molecule has 1 aromatic rings. The number of fused-ring (bicyclic) bond motifs is 1. The zero-order chi connectivity index (χ0) is 10.1. The lowest BCUT2D eigenvalue weighted by Gasteiger charge is -2.08. The summed E-state index contributed by atoms with van der Waals surface area (Å²) in [6.45, 7) is 3.89. The first kappa shape index (κ1) is 8.99. The van der Waals surface area contributed by atoms with E-state index in [4.69, 9.17) is 4.74 Å². The van der Waals surface area contributed by atoms with E-state index in [2.05, 4.69) is 10.3 Å². The third-order valence-corrected chi connectivity index (χ3v) is 1.95. The summed E-state index contributed by atoms with van der Waals surface area (Å²) in [5, 5.41) is 2.72. The van der Waals surface area contributed by atoms with Crippen LogP contribution in [0, 0.1) is 0 Å². The molecule has 0 fully saturated rings. The van der Waals surface area contributed by atoms with Crippen molar-refractivity contribution in [1.82, 2.24) is 4.98 Å². The summed E-state index contributed by atoms with van der Waals surface area (Å²) in [6.07, 6.45) is 2.16. The first-order chi connectivity index (χ1) is 6.65. The lowest BCUT2D eigenvalue weighted by atomic mass is 10.2. The van der Waals surface area contributed by atoms with E-state index in [1.165, 1.54) is 0 Å². The quantitative estimate of drug-likeness (QED) is 0.769. The maximum atomic E-state index is 11.1. The molecular formula is C10H12N2O2. The molecule has 74 valence electrons. The third kappa shape index (κ3) is 1.69. The number of nitrogens with zero attached hydrogens (tertiary/aromatic N) is 1. The first-order valence-electron chi connectivity index (χ1n) is 4.60. The molecule has 0 spiro atoms. The average Bonchev–Trinajstić information content (AvgIpc) is 2.42. The van der Waals surface area contributed by atoms with Crippen LogP contribution >= 0.6 is 0 Å². The Kier molecular flexibility index (Phi) is 2.11. The second kappa shape index (κ2) is 3.29. The van der Waals surface area contributed by atoms with Crippen LogP contribution in [0.5, 0.6) is 5.88 Å². The van der Waals surface area contributed by atoms with Crippen molar-refractivity contribution in [3.63, 3.8) is 0 Å². The molecule has 0 radical (unpaired) electrons. The summed E-state index contributed by atoms with van der Waals surface area (Å²) in [5.41, 5.74) is 1.76. The molecule has 0 aliphatic carbocycles. The number of rotatable bonds is 2. The molecule has 0 atom stereocenters. The maximum absolute atomic E-state index is 11.1. The van der Waals surface area contributed by atoms with E-state index >= 15 is 0 Å². The van der Waals surface area contributed by atoms with Gasteiger partial charge in [-0.15, -0.1) is 0 Å². The van der Waals surface area contributed by atoms with Crippen LogP contribution in [0.2, 0.25) is 0 Å². The molecule has 0 aromatic carbocycles. The third-order valence-electron chi connectivity index (χ3n) is 1.95. The fourth-order valence-electron chi connectivity index (χ4n) is 1.41. The van der Waals surface area contributed by atoms with Crippen molar-refractivity contribution in [2.75, 3.05) is 5.32 Å². The van der Waals surface area contributed by atoms with Crippen LogP contribution in [0.15, 0.2) is 12.3 Å². The highest BCUT2D eigenvalue weighted by Crippen LogP contribution is 2.25. The fraction of sp³-hybridized carbons (Fsp3) is 0.400. The Labute approximate surface area is 82.3 Å². The number of hydrogen-bond acceptors (Lipinski definition) is 3. The van der Waals surface area contributed by atoms with Crippen LogP contribution in [-0.4, -0.2) is 17.0 Å². The minimum Gasteiger partial charge on any atom is -0.475 e. The van der Waals surface area contributed by atoms with Gasteiger partial charge in [-0.05, 0) is 19.4 Å². The standard InChI is InChI=1S/C10H12N2O2/c1-6(2)14-10-4-7-3-9(13)12-8(7)5-11-10/h4-6H,3H2,1-2H3,(H,12,13). The number of hydrogen-bond donors (Lipinski definition) is 1. The molecule has 14 heavy (non-hydrogen) atoms. The van der Waals surface area contributed by atoms with Gasteiger partial charge in [0.05, 0.1) is 24.4 Å². The topological polar surface area (TPSA) is 51.2 Å². The Morgan fingerprint density at radius 2 is 2.36 bits per heavy atom. The Hall–Kier alpha value is -1.58. The number of amides is 1. The molecule has 0 saturated heterocycles. The molecule has 0 saturated carbocycles. The second-order valence-electron chi connectivity index (χ2n) is 3.57. The Morgan fingerprint density at radius 1 is 1.57 bits per heavy atom. The Bertz CT molecular complexity index is 374. The zero-order valence-electron chi connectivity index (χ0n) is 8.20. The molecule has 1 aromatic heterocycles. The van der Waals surface area contributed by atoms with Gasteiger partial charge in [-0.25, -0.2) is 4.98 Å². The zero-order valence-corrected chi connectivity index (χ0v) is 8.20. The van der Waals surface area contributed by atoms with E-state index in [1.54, 1.807) is 6.20 Å². The predicted octanol–water partition coefficient (Wildman–Crippen LogP) is 1.36. The molecule has 1 aliphatic rings. The van der Waals surface area contributed by atoms with Crippen molar-refractivity contribution in [1.29, 1.82) is 0 Å². The lowest BCUT2D eigenvalue weighted by molar-refractivity contribution is -0.115. The van der Waals surface area contributed by atoms with Gasteiger partial charge in [-0.1, -0.05) is 0 Å². The number of aromatic nitrogens is 1. The van der Waals surface area contributed by atoms with E-state index in [0.717, 1.165) is 11.3 Å². The van der Waals surface area contributed by atoms with Crippen LogP contribution < -0.4 is 10.1 Å². The van der Waals surface area contributed by atoms with Gasteiger partial charge in [0.1, 0.15) is 0 Å². The van der Waals surface area contributed by atoms with Gasteiger partial charge < -0.3 is 10.1 Å². The van der Waals surface area contributed by atoms with E-state index in [-0.39, 0.29) is 12.0 Å². The van der Waals surface area contributed by atoms with E-state index in [0.29, 0.717) is 12.3 Å². The van der Waals surface area contributed by atoms with Gasteiger partial charge in [-0.2, -0.15) is 0 Å². The van der Waals surface area contributed by atoms with Crippen molar-refractivity contribution >= 4 is 11.6 Å². The number of pyridine rings is 1. The highest BCUT2D eigenvalue weighted by molar-refractivity contribution is 5.98. The molecule has 2 heterocycles. The molecule has 1 N–H and O–H groups in total. The molecular weight excluding hydrogens is 180 g/mol. The van der Waals surface area contributed by atoms with Crippen molar-refractivity contribution in [3.8, 4) is 5.88 Å². The van der Waals surface area contributed by atoms with Crippen LogP contribution in [0.25, 0.3) is 0 Å². The Balaban J connectivity index is 2.24. The highest BCUT2D eigenvalue weighted by atomic mass is 16.5. The Morgan fingerprint density at radius 3 is 3.07 bits per heavy atom. The van der Waals surface area contributed by atoms with Gasteiger partial charge in [0.15, 0.2) is 0 Å².